The number of epoxide rings is 2. The van der Waals surface area contributed by atoms with Crippen molar-refractivity contribution in [3.8, 4) is 0 Å². The van der Waals surface area contributed by atoms with E-state index in [1.54, 1.807) is 49.8 Å². The smallest absolute Gasteiger partial charge is 0.104 e. The molecule has 0 aromatic rings. The minimum absolute atomic E-state index is 0. The van der Waals surface area contributed by atoms with E-state index in [1.807, 2.05) is 0 Å². The SMILES string of the molecule is C.C.C.C.C.C.C.C.C.C.CC(C)C.CC(C)C.CC(C)C.CC(C)C.CC(C)C.COC(CO)COC1C2CCC(C2)C1OCC(CO)OC.COC(CO)COC1C2CCC(C2)C1OCC1CO1.COC(CO)COCC1(COCC(CO)OC)CC2CCC1C2.COC1C2CCC(C2)C1O.COCC(O)COCC1(COCC2CO2)CC2CCC1C2.[Y].[Y].[Y].[Y].[Y].[Y].[Y]. The molecule has 25 atom stereocenters. The number of fused-ring (bicyclic) bond motifs is 10. The Balaban J connectivity index is -0.0000000917. The third kappa shape index (κ3) is 69.7. The summed E-state index contributed by atoms with van der Waals surface area (Å²) in [6, 6.07) is 0. The van der Waals surface area contributed by atoms with Gasteiger partial charge in [0.2, 0.25) is 0 Å². The monoisotopic (exact) mass is 2420 g/mol. The van der Waals surface area contributed by atoms with Crippen molar-refractivity contribution in [1.29, 1.82) is 0 Å². The van der Waals surface area contributed by atoms with Crippen LogP contribution in [0.1, 0.15) is 287 Å². The third-order valence-corrected chi connectivity index (χ3v) is 23.3. The predicted octanol–water partition coefficient (Wildman–Crippen LogP) is 18.3. The predicted molar refractivity (Wildman–Crippen MR) is 514 cm³/mol. The Morgan fingerprint density at radius 3 is 0.786 bits per heavy atom. The standard InChI is InChI=1S/C17H32O6.C16H28O5.C15H28O6.C14H24O5.C8H14O2.5C4H10.10CH4.7Y/c1-20-15(7-18)9-22-11-17(6-13-3-4-14(17)5-13)12-23-10-16(8-19)21-2;1-18-6-14(17)7-19-10-16(11-20-8-15-9-21-15)5-12-2-3-13(16)4-12;1-18-12(6-16)8-20-14-10-3-4-11(5-10)15(14)21-9-13(7-17)19-2;1-16-11(5-15)6-18-13-9-2-3-10(4-9)14(13)19-8-12-7-17-12;1-10-8-6-3-2-5(4-6)7(8)9;5*1-4(2)3;;;;;;;;;;;;;;;;;/h13-16,18-19H,3-12H2,1-2H3;12-15,17H,2-11H2,1H3;10-17H,3-9H2,1-2H3;9-15H,2-8H2,1H3;5-9H,2-4H2,1H3;5*4H,1-3H3;10*1H4;;;;;;;. The van der Waals surface area contributed by atoms with E-state index in [0.717, 1.165) is 80.0 Å². The van der Waals surface area contributed by atoms with Gasteiger partial charge >= 0.3 is 0 Å². The minimum Gasteiger partial charge on any atom is -0.394 e. The van der Waals surface area contributed by atoms with Gasteiger partial charge in [-0.25, -0.2) is 0 Å². The Bertz CT molecular complexity index is 2210. The van der Waals surface area contributed by atoms with Gasteiger partial charge in [-0.3, -0.25) is 0 Å². The van der Waals surface area contributed by atoms with Crippen molar-refractivity contribution in [3.05, 3.63) is 0 Å². The number of aliphatic hydroxyl groups excluding tert-OH is 7. The summed E-state index contributed by atoms with van der Waals surface area (Å²) in [5, 5.41) is 65.0. The van der Waals surface area contributed by atoms with Crippen LogP contribution in [0.15, 0.2) is 0 Å². The number of hydrogen-bond acceptors (Lipinski definition) is 24. The fraction of sp³-hybridized carbons (Fsp3) is 1.00. The maximum Gasteiger partial charge on any atom is 0.104 e. The van der Waals surface area contributed by atoms with E-state index in [4.69, 9.17) is 95.8 Å². The van der Waals surface area contributed by atoms with Crippen molar-refractivity contribution in [2.75, 3.05) is 182 Å². The first-order valence-electron chi connectivity index (χ1n) is 44.5. The summed E-state index contributed by atoms with van der Waals surface area (Å²) >= 11 is 0. The molecule has 10 saturated carbocycles. The zero-order chi connectivity index (χ0) is 84.9. The van der Waals surface area contributed by atoms with Crippen LogP contribution >= 0.6 is 0 Å². The second-order valence-electron chi connectivity index (χ2n) is 38.2. The van der Waals surface area contributed by atoms with Crippen LogP contribution in [0.5, 0.6) is 0 Å². The number of hydrogen-bond donors (Lipinski definition) is 7. The fourth-order valence-corrected chi connectivity index (χ4v) is 17.7. The summed E-state index contributed by atoms with van der Waals surface area (Å²) in [7, 11) is 11.2. The topological polar surface area (TPSA) is 305 Å². The van der Waals surface area contributed by atoms with Gasteiger partial charge < -0.3 is 116 Å². The number of rotatable bonds is 41. The number of aliphatic hydroxyl groups is 7. The van der Waals surface area contributed by atoms with E-state index in [-0.39, 0.29) is 414 Å². The quantitative estimate of drug-likeness (QED) is 0.0280. The summed E-state index contributed by atoms with van der Waals surface area (Å²) in [5.74, 6) is 10.7. The molecule has 10 bridgehead atoms. The van der Waals surface area contributed by atoms with E-state index in [9.17, 15) is 20.4 Å². The van der Waals surface area contributed by atoms with Crippen molar-refractivity contribution in [2.24, 2.45) is 99.6 Å². The largest absolute Gasteiger partial charge is 0.394 e. The number of ether oxygens (including phenoxy) is 17. The maximum atomic E-state index is 9.70. The van der Waals surface area contributed by atoms with Gasteiger partial charge in [0, 0.05) is 290 Å². The van der Waals surface area contributed by atoms with Gasteiger partial charge in [0.25, 0.3) is 0 Å². The molecule has 0 aromatic carbocycles. The second-order valence-corrected chi connectivity index (χ2v) is 38.2. The summed E-state index contributed by atoms with van der Waals surface area (Å²) in [4.78, 5) is 0. The molecule has 31 heteroatoms. The van der Waals surface area contributed by atoms with Crippen molar-refractivity contribution in [1.82, 2.24) is 0 Å². The van der Waals surface area contributed by atoms with Crippen LogP contribution in [-0.4, -0.2) is 303 Å². The molecule has 7 N–H and O–H groups in total. The van der Waals surface area contributed by atoms with Crippen molar-refractivity contribution in [2.45, 2.75) is 373 Å². The van der Waals surface area contributed by atoms with Crippen molar-refractivity contribution >= 4 is 0 Å². The third-order valence-electron chi connectivity index (χ3n) is 23.3. The van der Waals surface area contributed by atoms with Crippen LogP contribution in [-0.2, 0) is 309 Å². The molecule has 10 aliphatic carbocycles. The fourth-order valence-electron chi connectivity index (χ4n) is 17.7. The molecule has 24 nitrogen and oxygen atoms in total. The zero-order valence-corrected chi connectivity index (χ0v) is 99.9. The Hall–Kier alpha value is 6.77. The van der Waals surface area contributed by atoms with Crippen LogP contribution in [0.2, 0.25) is 0 Å². The first-order valence-corrected chi connectivity index (χ1v) is 44.5. The van der Waals surface area contributed by atoms with Gasteiger partial charge in [-0.2, -0.15) is 0 Å². The van der Waals surface area contributed by atoms with E-state index >= 15 is 0 Å². The molecule has 0 aromatic heterocycles. The molecule has 2 saturated heterocycles. The Morgan fingerprint density at radius 2 is 0.557 bits per heavy atom. The van der Waals surface area contributed by atoms with Crippen LogP contribution in [0.3, 0.4) is 0 Å². The number of methoxy groups -OCH3 is 7. The molecule has 2 heterocycles. The van der Waals surface area contributed by atoms with E-state index < -0.39 is 6.10 Å². The van der Waals surface area contributed by atoms with Crippen molar-refractivity contribution < 1.29 is 345 Å². The van der Waals surface area contributed by atoms with Gasteiger partial charge in [-0.05, 0) is 185 Å². The second kappa shape index (κ2) is 98.8. The molecule has 2 aliphatic heterocycles. The molecule has 7 radical (unpaired) electrons. The minimum atomic E-state index is -0.536. The summed E-state index contributed by atoms with van der Waals surface area (Å²) in [6.45, 7) is 40.9. The Morgan fingerprint density at radius 1 is 0.305 bits per heavy atom. The summed E-state index contributed by atoms with van der Waals surface area (Å²) in [5.41, 5.74) is 0.217. The van der Waals surface area contributed by atoms with Gasteiger partial charge in [-0.1, -0.05) is 191 Å². The maximum absolute atomic E-state index is 9.70. The molecule has 0 amide bonds. The van der Waals surface area contributed by atoms with Crippen LogP contribution in [0, 0.1) is 99.6 Å². The van der Waals surface area contributed by atoms with E-state index in [1.165, 1.54) is 96.3 Å². The Labute approximate surface area is 986 Å². The van der Waals surface area contributed by atoms with Crippen LogP contribution < -0.4 is 0 Å². The van der Waals surface area contributed by atoms with Crippen LogP contribution in [0.4, 0.5) is 0 Å². The molecular formula is C100H216O24Y7. The van der Waals surface area contributed by atoms with Crippen LogP contribution in [0.25, 0.3) is 0 Å². The van der Waals surface area contributed by atoms with Gasteiger partial charge in [0.15, 0.2) is 0 Å². The first-order chi connectivity index (χ1) is 54.4. The molecule has 0 spiro atoms. The molecule has 131 heavy (non-hydrogen) atoms. The molecule has 12 rings (SSSR count). The molecular weight excluding hydrogens is 2210 g/mol. The average Bonchev–Trinajstić information content (AvgIpc) is 1.62. The summed E-state index contributed by atoms with van der Waals surface area (Å²) in [6.07, 6.45) is 20.3. The molecule has 12 aliphatic rings. The molecule has 25 unspecified atom stereocenters. The first kappa shape index (κ1) is 171. The Kier molecular flexibility index (Phi) is 129. The summed E-state index contributed by atoms with van der Waals surface area (Å²) < 4.78 is 93.7. The van der Waals surface area contributed by atoms with Gasteiger partial charge in [0.1, 0.15) is 48.8 Å². The van der Waals surface area contributed by atoms with E-state index in [2.05, 4.69) is 104 Å². The normalized spacial score (nSPS) is 28.8. The van der Waals surface area contributed by atoms with E-state index in [0.29, 0.717) is 133 Å². The molecule has 781 valence electrons. The van der Waals surface area contributed by atoms with Gasteiger partial charge in [-0.15, -0.1) is 0 Å². The van der Waals surface area contributed by atoms with Crippen molar-refractivity contribution in [3.63, 3.8) is 0 Å². The molecule has 12 fully saturated rings. The van der Waals surface area contributed by atoms with Gasteiger partial charge in [0.05, 0.1) is 169 Å². The average molecular weight is 2430 g/mol. The zero-order valence-electron chi connectivity index (χ0n) is 80.0.